The van der Waals surface area contributed by atoms with Crippen LogP contribution in [0, 0.1) is 0 Å². The molecule has 0 aromatic rings. The largest absolute Gasteiger partial charge is 0.280 e. The van der Waals surface area contributed by atoms with Crippen molar-refractivity contribution < 1.29 is 17.2 Å². The zero-order valence-corrected chi connectivity index (χ0v) is 12.6. The number of alkyl halides is 4. The number of sulfonamides is 1. The first-order valence-electron chi connectivity index (χ1n) is 4.04. The molecule has 1 heterocycles. The summed E-state index contributed by atoms with van der Waals surface area (Å²) in [5, 5.41) is 4.24. The second kappa shape index (κ2) is 5.23. The number of rotatable bonds is 4. The van der Waals surface area contributed by atoms with Crippen LogP contribution in [0.15, 0.2) is 0 Å². The SMILES string of the molecule is NS(=O)(=O)C1CN(C(CF)C(F)I)C1I. The maximum Gasteiger partial charge on any atom is 0.215 e. The molecule has 9 heteroatoms. The maximum atomic E-state index is 13.0. The van der Waals surface area contributed by atoms with Crippen LogP contribution >= 0.6 is 45.2 Å². The molecule has 0 spiro atoms. The van der Waals surface area contributed by atoms with Crippen LogP contribution in [0.5, 0.6) is 0 Å². The van der Waals surface area contributed by atoms with E-state index in [-0.39, 0.29) is 6.54 Å². The minimum atomic E-state index is -3.61. The van der Waals surface area contributed by atoms with Crippen molar-refractivity contribution >= 4 is 55.2 Å². The lowest BCUT2D eigenvalue weighted by molar-refractivity contribution is 0.0684. The lowest BCUT2D eigenvalue weighted by atomic mass is 10.1. The fourth-order valence-electron chi connectivity index (χ4n) is 1.35. The van der Waals surface area contributed by atoms with E-state index in [1.807, 2.05) is 22.6 Å². The maximum absolute atomic E-state index is 13.0. The Labute approximate surface area is 114 Å². The molecule has 15 heavy (non-hydrogen) atoms. The predicted octanol–water partition coefficient (Wildman–Crippen LogP) is 0.789. The molecule has 0 aromatic carbocycles. The Morgan fingerprint density at radius 1 is 1.60 bits per heavy atom. The topological polar surface area (TPSA) is 63.4 Å². The lowest BCUT2D eigenvalue weighted by Gasteiger charge is -2.47. The first-order valence-corrected chi connectivity index (χ1v) is 8.14. The van der Waals surface area contributed by atoms with Gasteiger partial charge in [0.1, 0.15) is 11.9 Å². The first kappa shape index (κ1) is 14.3. The summed E-state index contributed by atoms with van der Waals surface area (Å²) in [4.78, 5) is 1.48. The number of hydrogen-bond donors (Lipinski definition) is 1. The summed E-state index contributed by atoms with van der Waals surface area (Å²) < 4.78 is 45.7. The third-order valence-corrected chi connectivity index (χ3v) is 6.46. The average Bonchev–Trinajstić information content (AvgIpc) is 2.07. The molecule has 1 fully saturated rings. The van der Waals surface area contributed by atoms with E-state index in [4.69, 9.17) is 5.14 Å². The average molecular weight is 466 g/mol. The quantitative estimate of drug-likeness (QED) is 0.379. The normalized spacial score (nSPS) is 32.1. The van der Waals surface area contributed by atoms with Crippen molar-refractivity contribution in [2.75, 3.05) is 13.2 Å². The Bertz CT molecular complexity index is 327. The van der Waals surface area contributed by atoms with Crippen molar-refractivity contribution in [3.63, 3.8) is 0 Å². The van der Waals surface area contributed by atoms with Crippen LogP contribution in [-0.2, 0) is 10.0 Å². The Morgan fingerprint density at radius 2 is 2.13 bits per heavy atom. The molecule has 90 valence electrons. The van der Waals surface area contributed by atoms with E-state index in [2.05, 4.69) is 0 Å². The molecule has 0 amide bonds. The summed E-state index contributed by atoms with van der Waals surface area (Å²) in [5.74, 6) is 0. The molecule has 1 aliphatic heterocycles. The Hall–Kier alpha value is 1.19. The van der Waals surface area contributed by atoms with Crippen LogP contribution in [0.25, 0.3) is 0 Å². The van der Waals surface area contributed by atoms with E-state index < -0.39 is 36.2 Å². The molecule has 1 aliphatic rings. The summed E-state index contributed by atoms with van der Waals surface area (Å²) in [7, 11) is -3.61. The molecule has 4 unspecified atom stereocenters. The number of nitrogens with two attached hydrogens (primary N) is 1. The van der Waals surface area contributed by atoms with E-state index in [1.165, 1.54) is 27.5 Å². The molecule has 0 aliphatic carbocycles. The summed E-state index contributed by atoms with van der Waals surface area (Å²) >= 11 is 3.33. The fraction of sp³-hybridized carbons (Fsp3) is 1.00. The van der Waals surface area contributed by atoms with Crippen LogP contribution in [0.2, 0.25) is 0 Å². The highest BCUT2D eigenvalue weighted by atomic mass is 127. The summed E-state index contributed by atoms with van der Waals surface area (Å²) in [5.41, 5.74) is 0. The van der Waals surface area contributed by atoms with E-state index in [1.54, 1.807) is 0 Å². The minimum absolute atomic E-state index is 0.102. The van der Waals surface area contributed by atoms with Crippen LogP contribution in [0.1, 0.15) is 0 Å². The van der Waals surface area contributed by atoms with E-state index >= 15 is 0 Å². The fourth-order valence-corrected chi connectivity index (χ4v) is 4.90. The molecule has 0 saturated carbocycles. The van der Waals surface area contributed by atoms with Crippen molar-refractivity contribution in [1.29, 1.82) is 0 Å². The van der Waals surface area contributed by atoms with Gasteiger partial charge in [0.05, 0.1) is 10.1 Å². The van der Waals surface area contributed by atoms with Gasteiger partial charge in [0.15, 0.2) is 4.18 Å². The number of hydrogen-bond acceptors (Lipinski definition) is 3. The molecular formula is C6H10F2I2N2O2S. The van der Waals surface area contributed by atoms with Gasteiger partial charge in [-0.3, -0.25) is 4.90 Å². The van der Waals surface area contributed by atoms with Gasteiger partial charge in [-0.2, -0.15) is 0 Å². The summed E-state index contributed by atoms with van der Waals surface area (Å²) in [6, 6.07) is -0.884. The highest BCUT2D eigenvalue weighted by Gasteiger charge is 2.48. The van der Waals surface area contributed by atoms with Crippen molar-refractivity contribution in [3.05, 3.63) is 0 Å². The molecule has 0 radical (unpaired) electrons. The first-order chi connectivity index (χ1) is 6.79. The number of likely N-dealkylation sites (tertiary alicyclic amines) is 1. The molecule has 1 saturated heterocycles. The Kier molecular flexibility index (Phi) is 4.97. The highest BCUT2D eigenvalue weighted by Crippen LogP contribution is 2.33. The van der Waals surface area contributed by atoms with Gasteiger partial charge in [-0.15, -0.1) is 0 Å². The van der Waals surface area contributed by atoms with E-state index in [0.29, 0.717) is 0 Å². The van der Waals surface area contributed by atoms with Crippen molar-refractivity contribution in [3.8, 4) is 0 Å². The van der Waals surface area contributed by atoms with Crippen LogP contribution in [0.4, 0.5) is 8.78 Å². The van der Waals surface area contributed by atoms with Gasteiger partial charge in [-0.25, -0.2) is 22.3 Å². The third-order valence-electron chi connectivity index (χ3n) is 2.31. The van der Waals surface area contributed by atoms with Crippen LogP contribution < -0.4 is 5.14 Å². The highest BCUT2D eigenvalue weighted by molar-refractivity contribution is 14.1. The number of primary sulfonamides is 1. The number of halogens is 4. The van der Waals surface area contributed by atoms with Gasteiger partial charge in [-0.1, -0.05) is 22.6 Å². The van der Waals surface area contributed by atoms with Crippen LogP contribution in [0.3, 0.4) is 0 Å². The minimum Gasteiger partial charge on any atom is -0.280 e. The summed E-state index contributed by atoms with van der Waals surface area (Å²) in [6.07, 6.45) is 0. The van der Waals surface area contributed by atoms with Crippen LogP contribution in [-0.4, -0.2) is 46.1 Å². The zero-order valence-electron chi connectivity index (χ0n) is 7.48. The van der Waals surface area contributed by atoms with Gasteiger partial charge >= 0.3 is 0 Å². The van der Waals surface area contributed by atoms with Gasteiger partial charge in [0.2, 0.25) is 10.0 Å². The van der Waals surface area contributed by atoms with E-state index in [9.17, 15) is 17.2 Å². The van der Waals surface area contributed by atoms with Gasteiger partial charge in [-0.05, 0) is 22.6 Å². The van der Waals surface area contributed by atoms with Gasteiger partial charge in [0, 0.05) is 6.54 Å². The molecule has 4 nitrogen and oxygen atoms in total. The van der Waals surface area contributed by atoms with Crippen molar-refractivity contribution in [2.24, 2.45) is 5.14 Å². The third kappa shape index (κ3) is 3.10. The second-order valence-corrected chi connectivity index (χ2v) is 7.50. The molecule has 1 rings (SSSR count). The molecular weight excluding hydrogens is 456 g/mol. The predicted molar refractivity (Wildman–Crippen MR) is 70.1 cm³/mol. The lowest BCUT2D eigenvalue weighted by Crippen LogP contribution is -2.66. The van der Waals surface area contributed by atoms with E-state index in [0.717, 1.165) is 0 Å². The molecule has 4 atom stereocenters. The Balaban J connectivity index is 2.66. The standard InChI is InChI=1S/C6H10F2I2N2O2S/c7-1-3(5(8)9)12-2-4(6(12)10)15(11,13)14/h3-6H,1-2H2,(H2,11,13,14). The van der Waals surface area contributed by atoms with Crippen molar-refractivity contribution in [1.82, 2.24) is 4.90 Å². The van der Waals surface area contributed by atoms with Gasteiger partial charge in [0.25, 0.3) is 0 Å². The van der Waals surface area contributed by atoms with Gasteiger partial charge < -0.3 is 0 Å². The number of nitrogens with zero attached hydrogens (tertiary/aromatic N) is 1. The molecule has 0 aromatic heterocycles. The molecule has 0 bridgehead atoms. The zero-order chi connectivity index (χ0) is 11.8. The molecule has 2 N–H and O–H groups in total. The Morgan fingerprint density at radius 3 is 2.40 bits per heavy atom. The summed E-state index contributed by atoms with van der Waals surface area (Å²) in [6.45, 7) is -0.731. The second-order valence-electron chi connectivity index (χ2n) is 3.25. The monoisotopic (exact) mass is 466 g/mol. The van der Waals surface area contributed by atoms with Crippen molar-refractivity contribution in [2.45, 2.75) is 19.5 Å². The smallest absolute Gasteiger partial charge is 0.215 e.